The van der Waals surface area contributed by atoms with Crippen LogP contribution in [0.25, 0.3) is 0 Å². The van der Waals surface area contributed by atoms with Gasteiger partial charge in [-0.05, 0) is 49.8 Å². The predicted molar refractivity (Wildman–Crippen MR) is 100 cm³/mol. The van der Waals surface area contributed by atoms with E-state index in [0.717, 1.165) is 62.0 Å². The molecule has 0 saturated carbocycles. The fraction of sp³-hybridized carbons (Fsp3) is 0.524. The quantitative estimate of drug-likeness (QED) is 0.763. The van der Waals surface area contributed by atoms with Gasteiger partial charge >= 0.3 is 0 Å². The van der Waals surface area contributed by atoms with Gasteiger partial charge in [0.25, 0.3) is 5.91 Å². The van der Waals surface area contributed by atoms with Gasteiger partial charge < -0.3 is 18.9 Å². The Hall–Kier alpha value is -2.50. The lowest BCUT2D eigenvalue weighted by Crippen LogP contribution is -2.31. The first kappa shape index (κ1) is 17.9. The predicted octanol–water partition coefficient (Wildman–Crippen LogP) is 3.94. The van der Waals surface area contributed by atoms with E-state index in [0.29, 0.717) is 17.2 Å². The molecule has 1 aliphatic heterocycles. The fourth-order valence-electron chi connectivity index (χ4n) is 4.28. The molecular formula is C21H26N2O4. The van der Waals surface area contributed by atoms with Crippen LogP contribution < -0.4 is 9.47 Å². The van der Waals surface area contributed by atoms with Gasteiger partial charge in [0, 0.05) is 18.5 Å². The molecule has 1 aromatic carbocycles. The molecular weight excluding hydrogens is 344 g/mol. The van der Waals surface area contributed by atoms with E-state index in [9.17, 15) is 4.79 Å². The first-order valence-corrected chi connectivity index (χ1v) is 9.73. The molecule has 2 aliphatic rings. The van der Waals surface area contributed by atoms with E-state index in [2.05, 4.69) is 5.16 Å². The number of aromatic nitrogens is 1. The molecule has 1 atom stereocenters. The van der Waals surface area contributed by atoms with Crippen molar-refractivity contribution in [1.29, 1.82) is 0 Å². The van der Waals surface area contributed by atoms with Crippen LogP contribution in [0.4, 0.5) is 0 Å². The summed E-state index contributed by atoms with van der Waals surface area (Å²) in [5.74, 6) is 2.26. The standard InChI is InChI=1S/C21H26N2O4/c1-25-18-11-10-14(13-19(18)26-2)16-8-6-12-23(16)21(24)20-15-7-4-3-5-9-17(15)27-22-20/h10-11,13,16H,3-9,12H2,1-2H3/t16-/m1/s1. The number of amides is 1. The highest BCUT2D eigenvalue weighted by molar-refractivity contribution is 5.94. The SMILES string of the molecule is COc1ccc([C@H]2CCCN2C(=O)c2noc3c2CCCCC3)cc1OC. The normalized spacial score (nSPS) is 19.5. The molecule has 0 unspecified atom stereocenters. The van der Waals surface area contributed by atoms with E-state index < -0.39 is 0 Å². The highest BCUT2D eigenvalue weighted by atomic mass is 16.5. The van der Waals surface area contributed by atoms with Gasteiger partial charge in [-0.1, -0.05) is 17.6 Å². The minimum atomic E-state index is -0.0146. The number of hydrogen-bond acceptors (Lipinski definition) is 5. The van der Waals surface area contributed by atoms with Crippen LogP contribution in [0.5, 0.6) is 11.5 Å². The highest BCUT2D eigenvalue weighted by Crippen LogP contribution is 2.38. The first-order chi connectivity index (χ1) is 13.2. The van der Waals surface area contributed by atoms with E-state index >= 15 is 0 Å². The molecule has 1 aromatic heterocycles. The second-order valence-electron chi connectivity index (χ2n) is 7.26. The van der Waals surface area contributed by atoms with Crippen LogP contribution in [0.3, 0.4) is 0 Å². The van der Waals surface area contributed by atoms with E-state index in [4.69, 9.17) is 14.0 Å². The number of benzene rings is 1. The summed E-state index contributed by atoms with van der Waals surface area (Å²) in [6.07, 6.45) is 7.05. The minimum Gasteiger partial charge on any atom is -0.493 e. The molecule has 1 amide bonds. The van der Waals surface area contributed by atoms with Crippen molar-refractivity contribution >= 4 is 5.91 Å². The number of aryl methyl sites for hydroxylation is 1. The Kier molecular flexibility index (Phi) is 5.05. The average molecular weight is 370 g/mol. The Balaban J connectivity index is 1.62. The summed E-state index contributed by atoms with van der Waals surface area (Å²) in [6, 6.07) is 5.91. The third kappa shape index (κ3) is 3.29. The number of rotatable bonds is 4. The molecule has 27 heavy (non-hydrogen) atoms. The van der Waals surface area contributed by atoms with E-state index in [1.165, 1.54) is 6.42 Å². The van der Waals surface area contributed by atoms with Crippen molar-refractivity contribution in [2.45, 2.75) is 51.0 Å². The number of ether oxygens (including phenoxy) is 2. The summed E-state index contributed by atoms with van der Waals surface area (Å²) in [5.41, 5.74) is 2.60. The summed E-state index contributed by atoms with van der Waals surface area (Å²) in [6.45, 7) is 0.736. The summed E-state index contributed by atoms with van der Waals surface area (Å²) >= 11 is 0. The number of nitrogens with zero attached hydrogens (tertiary/aromatic N) is 2. The molecule has 6 nitrogen and oxygen atoms in total. The van der Waals surface area contributed by atoms with Crippen LogP contribution in [0.15, 0.2) is 22.7 Å². The Morgan fingerprint density at radius 3 is 2.74 bits per heavy atom. The average Bonchev–Trinajstić information content (AvgIpc) is 3.28. The smallest absolute Gasteiger partial charge is 0.276 e. The van der Waals surface area contributed by atoms with Crippen molar-refractivity contribution in [3.63, 3.8) is 0 Å². The molecule has 0 spiro atoms. The summed E-state index contributed by atoms with van der Waals surface area (Å²) < 4.78 is 16.3. The zero-order valence-corrected chi connectivity index (χ0v) is 16.0. The number of hydrogen-bond donors (Lipinski definition) is 0. The van der Waals surface area contributed by atoms with Gasteiger partial charge in [-0.2, -0.15) is 0 Å². The molecule has 1 saturated heterocycles. The van der Waals surface area contributed by atoms with Crippen molar-refractivity contribution in [3.8, 4) is 11.5 Å². The third-order valence-electron chi connectivity index (χ3n) is 5.71. The zero-order chi connectivity index (χ0) is 18.8. The third-order valence-corrected chi connectivity index (χ3v) is 5.71. The van der Waals surface area contributed by atoms with Gasteiger partial charge in [0.05, 0.1) is 20.3 Å². The minimum absolute atomic E-state index is 0.0146. The van der Waals surface area contributed by atoms with Crippen LogP contribution in [0.2, 0.25) is 0 Å². The molecule has 2 heterocycles. The van der Waals surface area contributed by atoms with E-state index in [1.54, 1.807) is 14.2 Å². The van der Waals surface area contributed by atoms with Crippen molar-refractivity contribution in [3.05, 3.63) is 40.8 Å². The maximum absolute atomic E-state index is 13.3. The van der Waals surface area contributed by atoms with Crippen molar-refractivity contribution < 1.29 is 18.8 Å². The second-order valence-corrected chi connectivity index (χ2v) is 7.26. The Morgan fingerprint density at radius 1 is 1.11 bits per heavy atom. The summed E-state index contributed by atoms with van der Waals surface area (Å²) in [5, 5.41) is 4.16. The second kappa shape index (κ2) is 7.62. The molecule has 1 fully saturated rings. The molecule has 2 aromatic rings. The Morgan fingerprint density at radius 2 is 1.93 bits per heavy atom. The van der Waals surface area contributed by atoms with Crippen LogP contribution in [0.1, 0.15) is 65.5 Å². The highest BCUT2D eigenvalue weighted by Gasteiger charge is 2.34. The van der Waals surface area contributed by atoms with Crippen molar-refractivity contribution in [1.82, 2.24) is 10.1 Å². The monoisotopic (exact) mass is 370 g/mol. The largest absolute Gasteiger partial charge is 0.493 e. The molecule has 1 aliphatic carbocycles. The van der Waals surface area contributed by atoms with Gasteiger partial charge in [-0.15, -0.1) is 0 Å². The van der Waals surface area contributed by atoms with E-state index in [1.807, 2.05) is 23.1 Å². The molecule has 144 valence electrons. The molecule has 0 radical (unpaired) electrons. The lowest BCUT2D eigenvalue weighted by molar-refractivity contribution is 0.0723. The van der Waals surface area contributed by atoms with Crippen LogP contribution in [-0.2, 0) is 12.8 Å². The number of fused-ring (bicyclic) bond motifs is 1. The lowest BCUT2D eigenvalue weighted by Gasteiger charge is -2.25. The number of methoxy groups -OCH3 is 2. The Bertz CT molecular complexity index is 830. The van der Waals surface area contributed by atoms with Crippen molar-refractivity contribution in [2.75, 3.05) is 20.8 Å². The number of likely N-dealkylation sites (tertiary alicyclic amines) is 1. The molecule has 0 bridgehead atoms. The van der Waals surface area contributed by atoms with Crippen LogP contribution in [-0.4, -0.2) is 36.7 Å². The summed E-state index contributed by atoms with van der Waals surface area (Å²) in [4.78, 5) is 15.2. The molecule has 6 heteroatoms. The van der Waals surface area contributed by atoms with Crippen molar-refractivity contribution in [2.24, 2.45) is 0 Å². The van der Waals surface area contributed by atoms with Gasteiger partial charge in [-0.3, -0.25) is 4.79 Å². The topological polar surface area (TPSA) is 64.8 Å². The zero-order valence-electron chi connectivity index (χ0n) is 16.0. The Labute approximate surface area is 159 Å². The van der Waals surface area contributed by atoms with E-state index in [-0.39, 0.29) is 11.9 Å². The van der Waals surface area contributed by atoms with Gasteiger partial charge in [-0.25, -0.2) is 0 Å². The van der Waals surface area contributed by atoms with Gasteiger partial charge in [0.2, 0.25) is 0 Å². The van der Waals surface area contributed by atoms with Gasteiger partial charge in [0.15, 0.2) is 17.2 Å². The van der Waals surface area contributed by atoms with Crippen LogP contribution >= 0.6 is 0 Å². The first-order valence-electron chi connectivity index (χ1n) is 9.73. The fourth-order valence-corrected chi connectivity index (χ4v) is 4.28. The maximum Gasteiger partial charge on any atom is 0.276 e. The number of carbonyl (C=O) groups is 1. The lowest BCUT2D eigenvalue weighted by atomic mass is 10.0. The maximum atomic E-state index is 13.3. The molecule has 4 rings (SSSR count). The summed E-state index contributed by atoms with van der Waals surface area (Å²) in [7, 11) is 3.25. The molecule has 0 N–H and O–H groups in total. The number of carbonyl (C=O) groups excluding carboxylic acids is 1. The van der Waals surface area contributed by atoms with Gasteiger partial charge in [0.1, 0.15) is 5.76 Å². The van der Waals surface area contributed by atoms with Crippen LogP contribution in [0, 0.1) is 0 Å².